The zero-order valence-electron chi connectivity index (χ0n) is 21.1. The number of anilines is 1. The number of nitrogens with zero attached hydrogens (tertiary/aromatic N) is 1. The molecule has 0 bridgehead atoms. The topological polar surface area (TPSA) is 108 Å². The zero-order chi connectivity index (χ0) is 28.3. The zero-order valence-corrected chi connectivity index (χ0v) is 21.1. The van der Waals surface area contributed by atoms with Gasteiger partial charge in [0.1, 0.15) is 17.6 Å². The normalized spacial score (nSPS) is 16.1. The minimum atomic E-state index is -5.01. The summed E-state index contributed by atoms with van der Waals surface area (Å²) in [4.78, 5) is 38.7. The van der Waals surface area contributed by atoms with Crippen molar-refractivity contribution in [2.45, 2.75) is 51.6 Å². The first-order valence-electron chi connectivity index (χ1n) is 11.9. The van der Waals surface area contributed by atoms with Crippen molar-refractivity contribution in [3.05, 3.63) is 59.4 Å². The summed E-state index contributed by atoms with van der Waals surface area (Å²) < 4.78 is 55.6. The highest BCUT2D eigenvalue weighted by Gasteiger charge is 2.36. The van der Waals surface area contributed by atoms with Gasteiger partial charge in [-0.2, -0.15) is 0 Å². The summed E-state index contributed by atoms with van der Waals surface area (Å²) in [5.74, 6) is -4.63. The molecule has 0 saturated carbocycles. The standard InChI is InChI=1S/C26H29F4N3O5/c1-15(2)21(31-22(34)19-14-18(8-9-20(19)27)38-26(28,29)30)23(35)33-12-10-25(3,11-13-33)32-17-6-4-16(5-7-17)24(36)37/h4-9,14-15,21,32H,10-13H2,1-3H3,(H,31,34)(H,36,37)/t21-/m1/s1. The molecule has 2 amide bonds. The Balaban J connectivity index is 1.65. The fourth-order valence-corrected chi connectivity index (χ4v) is 4.19. The number of benzene rings is 2. The Bertz CT molecular complexity index is 1180. The van der Waals surface area contributed by atoms with E-state index in [9.17, 15) is 31.9 Å². The number of nitrogens with one attached hydrogen (secondary N) is 2. The van der Waals surface area contributed by atoms with Crippen molar-refractivity contribution in [1.82, 2.24) is 10.2 Å². The monoisotopic (exact) mass is 539 g/mol. The van der Waals surface area contributed by atoms with Gasteiger partial charge in [-0.05, 0) is 68.1 Å². The second kappa shape index (κ2) is 11.3. The van der Waals surface area contributed by atoms with Gasteiger partial charge < -0.3 is 25.4 Å². The Morgan fingerprint density at radius 1 is 1.05 bits per heavy atom. The van der Waals surface area contributed by atoms with Gasteiger partial charge in [-0.15, -0.1) is 13.2 Å². The minimum absolute atomic E-state index is 0.169. The number of carboxylic acid groups (broad SMARTS) is 1. The number of aromatic carboxylic acids is 1. The van der Waals surface area contributed by atoms with Gasteiger partial charge >= 0.3 is 12.3 Å². The summed E-state index contributed by atoms with van der Waals surface area (Å²) in [7, 11) is 0. The third-order valence-corrected chi connectivity index (χ3v) is 6.39. The first-order valence-corrected chi connectivity index (χ1v) is 11.9. The molecule has 0 spiro atoms. The van der Waals surface area contributed by atoms with Crippen molar-refractivity contribution in [3.8, 4) is 5.75 Å². The number of alkyl halides is 3. The van der Waals surface area contributed by atoms with Crippen molar-refractivity contribution in [2.24, 2.45) is 5.92 Å². The Hall–Kier alpha value is -3.83. The smallest absolute Gasteiger partial charge is 0.478 e. The average Bonchev–Trinajstić information content (AvgIpc) is 2.82. The van der Waals surface area contributed by atoms with E-state index >= 15 is 0 Å². The van der Waals surface area contributed by atoms with Crippen molar-refractivity contribution in [2.75, 3.05) is 18.4 Å². The summed E-state index contributed by atoms with van der Waals surface area (Å²) in [5.41, 5.74) is -0.138. The fraction of sp³-hybridized carbons (Fsp3) is 0.423. The van der Waals surface area contributed by atoms with Crippen molar-refractivity contribution < 1.29 is 41.8 Å². The third kappa shape index (κ3) is 7.36. The molecule has 2 aromatic carbocycles. The van der Waals surface area contributed by atoms with E-state index in [1.54, 1.807) is 30.9 Å². The Kier molecular flexibility index (Phi) is 8.53. The molecular weight excluding hydrogens is 510 g/mol. The molecule has 1 aliphatic heterocycles. The van der Waals surface area contributed by atoms with E-state index in [1.807, 2.05) is 6.92 Å². The summed E-state index contributed by atoms with van der Waals surface area (Å²) in [6.45, 7) is 6.09. The number of amides is 2. The van der Waals surface area contributed by atoms with E-state index in [-0.39, 0.29) is 22.9 Å². The van der Waals surface area contributed by atoms with Gasteiger partial charge in [0, 0.05) is 24.3 Å². The molecule has 206 valence electrons. The molecule has 3 N–H and O–H groups in total. The molecule has 0 radical (unpaired) electrons. The Morgan fingerprint density at radius 3 is 2.18 bits per heavy atom. The number of carboxylic acids is 1. The highest BCUT2D eigenvalue weighted by molar-refractivity contribution is 5.98. The minimum Gasteiger partial charge on any atom is -0.478 e. The van der Waals surface area contributed by atoms with Crippen LogP contribution in [0, 0.1) is 11.7 Å². The summed E-state index contributed by atoms with van der Waals surface area (Å²) in [5, 5.41) is 14.9. The van der Waals surface area contributed by atoms with Gasteiger partial charge in [0.05, 0.1) is 11.1 Å². The number of hydrogen-bond acceptors (Lipinski definition) is 5. The Labute approximate surface area is 217 Å². The van der Waals surface area contributed by atoms with Crippen molar-refractivity contribution in [3.63, 3.8) is 0 Å². The van der Waals surface area contributed by atoms with Gasteiger partial charge in [-0.1, -0.05) is 13.8 Å². The van der Waals surface area contributed by atoms with Gasteiger partial charge in [0.15, 0.2) is 0 Å². The number of halogens is 4. The van der Waals surface area contributed by atoms with Crippen LogP contribution in [0.3, 0.4) is 0 Å². The summed E-state index contributed by atoms with van der Waals surface area (Å²) in [6.07, 6.45) is -3.89. The Morgan fingerprint density at radius 2 is 1.66 bits per heavy atom. The molecule has 0 aliphatic carbocycles. The lowest BCUT2D eigenvalue weighted by atomic mass is 9.88. The second-order valence-corrected chi connectivity index (χ2v) is 9.78. The van der Waals surface area contributed by atoms with Gasteiger partial charge in [0.2, 0.25) is 5.91 Å². The van der Waals surface area contributed by atoms with E-state index in [4.69, 9.17) is 5.11 Å². The molecule has 12 heteroatoms. The number of rotatable bonds is 8. The van der Waals surface area contributed by atoms with Crippen LogP contribution in [0.2, 0.25) is 0 Å². The van der Waals surface area contributed by atoms with E-state index in [0.717, 1.165) is 11.8 Å². The lowest BCUT2D eigenvalue weighted by Gasteiger charge is -2.42. The molecule has 1 saturated heterocycles. The van der Waals surface area contributed by atoms with Crippen LogP contribution >= 0.6 is 0 Å². The third-order valence-electron chi connectivity index (χ3n) is 6.39. The molecule has 38 heavy (non-hydrogen) atoms. The lowest BCUT2D eigenvalue weighted by molar-refractivity contribution is -0.274. The SMILES string of the molecule is CC(C)[C@@H](NC(=O)c1cc(OC(F)(F)F)ccc1F)C(=O)N1CCC(C)(Nc2ccc(C(=O)O)cc2)CC1. The summed E-state index contributed by atoms with van der Waals surface area (Å²) in [6, 6.07) is 7.39. The van der Waals surface area contributed by atoms with Crippen LogP contribution in [0.15, 0.2) is 42.5 Å². The molecule has 1 heterocycles. The van der Waals surface area contributed by atoms with Gasteiger partial charge in [0.25, 0.3) is 5.91 Å². The number of piperidine rings is 1. The number of carbonyl (C=O) groups excluding carboxylic acids is 2. The number of carbonyl (C=O) groups is 3. The lowest BCUT2D eigenvalue weighted by Crippen LogP contribution is -2.56. The van der Waals surface area contributed by atoms with Crippen molar-refractivity contribution in [1.29, 1.82) is 0 Å². The first kappa shape index (κ1) is 28.7. The maximum Gasteiger partial charge on any atom is 0.573 e. The van der Waals surface area contributed by atoms with E-state index in [1.165, 1.54) is 12.1 Å². The molecule has 0 aromatic heterocycles. The van der Waals surface area contributed by atoms with Crippen LogP contribution in [0.1, 0.15) is 54.3 Å². The van der Waals surface area contributed by atoms with Gasteiger partial charge in [-0.25, -0.2) is 9.18 Å². The number of likely N-dealkylation sites (tertiary alicyclic amines) is 1. The van der Waals surface area contributed by atoms with Crippen LogP contribution in [-0.4, -0.2) is 58.8 Å². The highest BCUT2D eigenvalue weighted by atomic mass is 19.4. The molecule has 2 aromatic rings. The molecule has 0 unspecified atom stereocenters. The number of hydrogen-bond donors (Lipinski definition) is 3. The van der Waals surface area contributed by atoms with E-state index < -0.39 is 41.4 Å². The fourth-order valence-electron chi connectivity index (χ4n) is 4.19. The molecule has 1 atom stereocenters. The molecule has 8 nitrogen and oxygen atoms in total. The van der Waals surface area contributed by atoms with Crippen LogP contribution in [-0.2, 0) is 4.79 Å². The van der Waals surface area contributed by atoms with Crippen LogP contribution in [0.5, 0.6) is 5.75 Å². The van der Waals surface area contributed by atoms with Crippen molar-refractivity contribution >= 4 is 23.5 Å². The number of ether oxygens (including phenoxy) is 1. The van der Waals surface area contributed by atoms with Crippen LogP contribution in [0.25, 0.3) is 0 Å². The maximum atomic E-state index is 14.3. The molecule has 1 fully saturated rings. The second-order valence-electron chi connectivity index (χ2n) is 9.78. The molecule has 3 rings (SSSR count). The van der Waals surface area contributed by atoms with E-state index in [0.29, 0.717) is 38.1 Å². The highest BCUT2D eigenvalue weighted by Crippen LogP contribution is 2.28. The predicted molar refractivity (Wildman–Crippen MR) is 130 cm³/mol. The van der Waals surface area contributed by atoms with Crippen LogP contribution in [0.4, 0.5) is 23.2 Å². The largest absolute Gasteiger partial charge is 0.573 e. The van der Waals surface area contributed by atoms with Gasteiger partial charge in [-0.3, -0.25) is 9.59 Å². The summed E-state index contributed by atoms with van der Waals surface area (Å²) >= 11 is 0. The maximum absolute atomic E-state index is 14.3. The first-order chi connectivity index (χ1) is 17.7. The molecular formula is C26H29F4N3O5. The van der Waals surface area contributed by atoms with Crippen LogP contribution < -0.4 is 15.4 Å². The molecule has 1 aliphatic rings. The average molecular weight is 540 g/mol. The quantitative estimate of drug-likeness (QED) is 0.421. The van der Waals surface area contributed by atoms with E-state index in [2.05, 4.69) is 15.4 Å². The predicted octanol–water partition coefficient (Wildman–Crippen LogP) is 4.67.